The number of anilines is 2. The second kappa shape index (κ2) is 8.68. The first kappa shape index (κ1) is 18.2. The lowest BCUT2D eigenvalue weighted by Gasteiger charge is -2.17. The molecule has 26 heavy (non-hydrogen) atoms. The average molecular weight is 387 g/mol. The molecule has 134 valence electrons. The molecule has 1 heterocycles. The van der Waals surface area contributed by atoms with E-state index < -0.39 is 5.25 Å². The molecule has 2 aromatic carbocycles. The summed E-state index contributed by atoms with van der Waals surface area (Å²) in [5, 5.41) is 10.7. The summed E-state index contributed by atoms with van der Waals surface area (Å²) in [5.41, 5.74) is 7.17. The molecule has 0 saturated carbocycles. The molecule has 8 heteroatoms. The van der Waals surface area contributed by atoms with Crippen molar-refractivity contribution in [3.05, 3.63) is 60.2 Å². The molecule has 6 nitrogen and oxygen atoms in total. The predicted octanol–water partition coefficient (Wildman–Crippen LogP) is 3.99. The van der Waals surface area contributed by atoms with Crippen molar-refractivity contribution in [2.45, 2.75) is 16.5 Å². The Kier molecular flexibility index (Phi) is 6.08. The highest BCUT2D eigenvalue weighted by atomic mass is 32.2. The highest BCUT2D eigenvalue weighted by molar-refractivity contribution is 8.02. The van der Waals surface area contributed by atoms with Crippen LogP contribution in [0.3, 0.4) is 0 Å². The van der Waals surface area contributed by atoms with Gasteiger partial charge in [-0.3, -0.25) is 4.79 Å². The number of nitrogens with two attached hydrogens (primary N) is 1. The number of para-hydroxylation sites is 2. The minimum Gasteiger partial charge on any atom is -0.492 e. The molecule has 1 atom stereocenters. The zero-order chi connectivity index (χ0) is 18.4. The zero-order valence-corrected chi connectivity index (χ0v) is 15.7. The number of nitrogen functional groups attached to an aromatic ring is 1. The molecular weight excluding hydrogens is 368 g/mol. The summed E-state index contributed by atoms with van der Waals surface area (Å²) >= 11 is 2.58. The van der Waals surface area contributed by atoms with E-state index in [4.69, 9.17) is 10.5 Å². The zero-order valence-electron chi connectivity index (χ0n) is 14.1. The van der Waals surface area contributed by atoms with Gasteiger partial charge in [0.15, 0.2) is 4.34 Å². The van der Waals surface area contributed by atoms with Crippen LogP contribution in [0.4, 0.5) is 10.8 Å². The van der Waals surface area contributed by atoms with Crippen LogP contribution in [0.15, 0.2) is 58.9 Å². The fourth-order valence-electron chi connectivity index (χ4n) is 2.32. The molecule has 3 N–H and O–H groups in total. The average Bonchev–Trinajstić information content (AvgIpc) is 3.07. The molecule has 0 unspecified atom stereocenters. The Bertz CT molecular complexity index is 870. The van der Waals surface area contributed by atoms with Gasteiger partial charge in [0.05, 0.1) is 12.3 Å². The van der Waals surface area contributed by atoms with Gasteiger partial charge in [0.2, 0.25) is 11.0 Å². The SMILES string of the molecule is CCOc1ccccc1NC(=O)[C@@H](Sc1nnc(N)s1)c1ccccc1. The summed E-state index contributed by atoms with van der Waals surface area (Å²) in [6, 6.07) is 16.9. The van der Waals surface area contributed by atoms with Crippen molar-refractivity contribution >= 4 is 39.8 Å². The van der Waals surface area contributed by atoms with Crippen molar-refractivity contribution in [2.75, 3.05) is 17.7 Å². The van der Waals surface area contributed by atoms with Crippen LogP contribution >= 0.6 is 23.1 Å². The quantitative estimate of drug-likeness (QED) is 0.597. The van der Waals surface area contributed by atoms with Gasteiger partial charge in [0.25, 0.3) is 0 Å². The number of nitrogens with zero attached hydrogens (tertiary/aromatic N) is 2. The first-order chi connectivity index (χ1) is 12.7. The van der Waals surface area contributed by atoms with Crippen LogP contribution in [0.1, 0.15) is 17.7 Å². The van der Waals surface area contributed by atoms with E-state index in [1.54, 1.807) is 0 Å². The highest BCUT2D eigenvalue weighted by Gasteiger charge is 2.24. The molecule has 3 aromatic rings. The molecule has 1 amide bonds. The molecule has 0 saturated heterocycles. The van der Waals surface area contributed by atoms with Crippen molar-refractivity contribution in [3.8, 4) is 5.75 Å². The third-order valence-electron chi connectivity index (χ3n) is 3.43. The van der Waals surface area contributed by atoms with Crippen molar-refractivity contribution in [1.29, 1.82) is 0 Å². The molecular formula is C18H18N4O2S2. The minimum absolute atomic E-state index is 0.165. The van der Waals surface area contributed by atoms with Gasteiger partial charge in [-0.15, -0.1) is 10.2 Å². The number of thioether (sulfide) groups is 1. The van der Waals surface area contributed by atoms with E-state index >= 15 is 0 Å². The monoisotopic (exact) mass is 386 g/mol. The maximum absolute atomic E-state index is 13.0. The number of rotatable bonds is 7. The van der Waals surface area contributed by atoms with E-state index in [-0.39, 0.29) is 5.91 Å². The Hall–Kier alpha value is -2.58. The Balaban J connectivity index is 1.85. The third-order valence-corrected chi connectivity index (χ3v) is 5.52. The Morgan fingerprint density at radius 1 is 1.19 bits per heavy atom. The second-order valence-corrected chi connectivity index (χ2v) is 7.59. The topological polar surface area (TPSA) is 90.1 Å². The van der Waals surface area contributed by atoms with Crippen LogP contribution < -0.4 is 15.8 Å². The summed E-state index contributed by atoms with van der Waals surface area (Å²) in [6.45, 7) is 2.43. The van der Waals surface area contributed by atoms with Crippen molar-refractivity contribution in [2.24, 2.45) is 0 Å². The van der Waals surface area contributed by atoms with Gasteiger partial charge < -0.3 is 15.8 Å². The number of benzene rings is 2. The smallest absolute Gasteiger partial charge is 0.242 e. The third kappa shape index (κ3) is 4.53. The summed E-state index contributed by atoms with van der Waals surface area (Å²) < 4.78 is 6.23. The van der Waals surface area contributed by atoms with Gasteiger partial charge in [0, 0.05) is 0 Å². The van der Waals surface area contributed by atoms with Crippen molar-refractivity contribution in [3.63, 3.8) is 0 Å². The normalized spacial score (nSPS) is 11.7. The Labute approximate surface area is 159 Å². The first-order valence-corrected chi connectivity index (χ1v) is 9.70. The molecule has 0 aliphatic carbocycles. The predicted molar refractivity (Wildman–Crippen MR) is 106 cm³/mol. The lowest BCUT2D eigenvalue weighted by atomic mass is 10.1. The van der Waals surface area contributed by atoms with Gasteiger partial charge >= 0.3 is 0 Å². The molecule has 0 fully saturated rings. The standard InChI is InChI=1S/C18H18N4O2S2/c1-2-24-14-11-7-6-10-13(14)20-16(23)15(12-8-4-3-5-9-12)25-18-22-21-17(19)26-18/h3-11,15H,2H2,1H3,(H2,19,21)(H,20,23)/t15-/m0/s1. The van der Waals surface area contributed by atoms with Crippen LogP contribution in [-0.4, -0.2) is 22.7 Å². The fourth-order valence-corrected chi connectivity index (χ4v) is 4.15. The van der Waals surface area contributed by atoms with E-state index in [0.29, 0.717) is 27.5 Å². The minimum atomic E-state index is -0.488. The van der Waals surface area contributed by atoms with E-state index in [1.165, 1.54) is 23.1 Å². The lowest BCUT2D eigenvalue weighted by Crippen LogP contribution is -2.19. The van der Waals surface area contributed by atoms with Gasteiger partial charge in [-0.2, -0.15) is 0 Å². The van der Waals surface area contributed by atoms with Gasteiger partial charge in [0.1, 0.15) is 11.0 Å². The van der Waals surface area contributed by atoms with E-state index in [2.05, 4.69) is 15.5 Å². The summed E-state index contributed by atoms with van der Waals surface area (Å²) in [7, 11) is 0. The largest absolute Gasteiger partial charge is 0.492 e. The Morgan fingerprint density at radius 2 is 1.92 bits per heavy atom. The number of hydrogen-bond acceptors (Lipinski definition) is 7. The number of ether oxygens (including phenoxy) is 1. The first-order valence-electron chi connectivity index (χ1n) is 8.00. The highest BCUT2D eigenvalue weighted by Crippen LogP contribution is 2.38. The fraction of sp³-hybridized carbons (Fsp3) is 0.167. The maximum atomic E-state index is 13.0. The van der Waals surface area contributed by atoms with E-state index in [9.17, 15) is 4.79 Å². The molecule has 0 aliphatic rings. The summed E-state index contributed by atoms with van der Waals surface area (Å²) in [6.07, 6.45) is 0. The number of carbonyl (C=O) groups excluding carboxylic acids is 1. The lowest BCUT2D eigenvalue weighted by molar-refractivity contribution is -0.115. The van der Waals surface area contributed by atoms with Gasteiger partial charge in [-0.25, -0.2) is 0 Å². The Morgan fingerprint density at radius 3 is 2.62 bits per heavy atom. The van der Waals surface area contributed by atoms with Crippen LogP contribution in [0.5, 0.6) is 5.75 Å². The molecule has 0 radical (unpaired) electrons. The van der Waals surface area contributed by atoms with E-state index in [0.717, 1.165) is 5.56 Å². The number of nitrogens with one attached hydrogen (secondary N) is 1. The number of carbonyl (C=O) groups is 1. The summed E-state index contributed by atoms with van der Waals surface area (Å²) in [4.78, 5) is 13.0. The van der Waals surface area contributed by atoms with Crippen molar-refractivity contribution in [1.82, 2.24) is 10.2 Å². The second-order valence-electron chi connectivity index (χ2n) is 5.23. The molecule has 3 rings (SSSR count). The van der Waals surface area contributed by atoms with Crippen LogP contribution in [-0.2, 0) is 4.79 Å². The van der Waals surface area contributed by atoms with Gasteiger partial charge in [-0.1, -0.05) is 65.6 Å². The molecule has 0 aliphatic heterocycles. The molecule has 0 spiro atoms. The number of aromatic nitrogens is 2. The van der Waals surface area contributed by atoms with Crippen molar-refractivity contribution < 1.29 is 9.53 Å². The van der Waals surface area contributed by atoms with Crippen LogP contribution in [0, 0.1) is 0 Å². The van der Waals surface area contributed by atoms with Gasteiger partial charge in [-0.05, 0) is 24.6 Å². The molecule has 0 bridgehead atoms. The number of amides is 1. The molecule has 1 aromatic heterocycles. The summed E-state index contributed by atoms with van der Waals surface area (Å²) in [5.74, 6) is 0.474. The number of hydrogen-bond donors (Lipinski definition) is 2. The van der Waals surface area contributed by atoms with Crippen LogP contribution in [0.2, 0.25) is 0 Å². The van der Waals surface area contributed by atoms with E-state index in [1.807, 2.05) is 61.5 Å². The maximum Gasteiger partial charge on any atom is 0.242 e. The van der Waals surface area contributed by atoms with Crippen LogP contribution in [0.25, 0.3) is 0 Å².